The number of furan rings is 1. The summed E-state index contributed by atoms with van der Waals surface area (Å²) in [4.78, 5) is 0. The second-order valence-electron chi connectivity index (χ2n) is 3.94. The maximum atomic E-state index is 5.69. The van der Waals surface area contributed by atoms with E-state index in [2.05, 4.69) is 28.7 Å². The Morgan fingerprint density at radius 1 is 1.47 bits per heavy atom. The van der Waals surface area contributed by atoms with Crippen LogP contribution >= 0.6 is 11.8 Å². The van der Waals surface area contributed by atoms with Crippen LogP contribution < -0.4 is 5.32 Å². The summed E-state index contributed by atoms with van der Waals surface area (Å²) >= 11 is 1.76. The number of rotatable bonds is 6. The number of hydrogen-bond donors (Lipinski definition) is 2. The Labute approximate surface area is 105 Å². The van der Waals surface area contributed by atoms with E-state index in [0.717, 1.165) is 29.4 Å². The average Bonchev–Trinajstić information content (AvgIpc) is 2.97. The molecule has 0 amide bonds. The summed E-state index contributed by atoms with van der Waals surface area (Å²) in [6, 6.07) is 4.33. The third kappa shape index (κ3) is 3.38. The molecule has 1 unspecified atom stereocenters. The zero-order valence-corrected chi connectivity index (χ0v) is 10.9. The molecule has 17 heavy (non-hydrogen) atoms. The summed E-state index contributed by atoms with van der Waals surface area (Å²) in [5, 5.41) is 10.1. The number of aromatic nitrogens is 2. The largest absolute Gasteiger partial charge is 0.464 e. The Morgan fingerprint density at radius 3 is 3.00 bits per heavy atom. The van der Waals surface area contributed by atoms with E-state index in [0.29, 0.717) is 0 Å². The molecule has 2 aromatic heterocycles. The van der Waals surface area contributed by atoms with Gasteiger partial charge in [-0.3, -0.25) is 5.10 Å². The quantitative estimate of drug-likeness (QED) is 0.829. The highest BCUT2D eigenvalue weighted by molar-refractivity contribution is 7.97. The molecule has 0 aliphatic rings. The molecule has 92 valence electrons. The van der Waals surface area contributed by atoms with Crippen LogP contribution in [0.15, 0.2) is 28.9 Å². The van der Waals surface area contributed by atoms with Gasteiger partial charge in [0.2, 0.25) is 0 Å². The third-order valence-corrected chi connectivity index (χ3v) is 3.18. The van der Waals surface area contributed by atoms with Gasteiger partial charge in [0, 0.05) is 17.8 Å². The lowest BCUT2D eigenvalue weighted by molar-refractivity contribution is 0.442. The minimum absolute atomic E-state index is 0.267. The molecule has 0 bridgehead atoms. The Morgan fingerprint density at radius 2 is 2.29 bits per heavy atom. The van der Waals surface area contributed by atoms with Crippen molar-refractivity contribution in [2.75, 3.05) is 6.26 Å². The Bertz CT molecular complexity index is 438. The minimum Gasteiger partial charge on any atom is -0.464 e. The molecule has 0 spiro atoms. The van der Waals surface area contributed by atoms with Gasteiger partial charge in [0.1, 0.15) is 11.5 Å². The van der Waals surface area contributed by atoms with Gasteiger partial charge in [-0.25, -0.2) is 0 Å². The van der Waals surface area contributed by atoms with Crippen LogP contribution in [0.1, 0.15) is 30.0 Å². The first-order chi connectivity index (χ1) is 8.29. The molecule has 0 aromatic carbocycles. The highest BCUT2D eigenvalue weighted by Crippen LogP contribution is 2.15. The average molecular weight is 251 g/mol. The van der Waals surface area contributed by atoms with Crippen LogP contribution in [0.2, 0.25) is 0 Å². The number of H-pyrrole nitrogens is 1. The molecular formula is C12H17N3OS. The zero-order chi connectivity index (χ0) is 12.1. The molecule has 4 nitrogen and oxygen atoms in total. The van der Waals surface area contributed by atoms with Crippen LogP contribution in [0.5, 0.6) is 0 Å². The van der Waals surface area contributed by atoms with Crippen molar-refractivity contribution in [3.8, 4) is 0 Å². The van der Waals surface area contributed by atoms with Gasteiger partial charge >= 0.3 is 0 Å². The maximum Gasteiger partial charge on any atom is 0.118 e. The molecule has 2 aromatic rings. The van der Waals surface area contributed by atoms with Crippen molar-refractivity contribution in [1.82, 2.24) is 15.5 Å². The van der Waals surface area contributed by atoms with Crippen molar-refractivity contribution in [3.05, 3.63) is 41.6 Å². The molecule has 5 heteroatoms. The predicted molar refractivity (Wildman–Crippen MR) is 69.8 cm³/mol. The van der Waals surface area contributed by atoms with E-state index < -0.39 is 0 Å². The van der Waals surface area contributed by atoms with E-state index in [9.17, 15) is 0 Å². The molecule has 2 N–H and O–H groups in total. The third-order valence-electron chi connectivity index (χ3n) is 2.61. The minimum atomic E-state index is 0.267. The van der Waals surface area contributed by atoms with Gasteiger partial charge in [0.05, 0.1) is 18.5 Å². The molecule has 0 saturated carbocycles. The van der Waals surface area contributed by atoms with Crippen LogP contribution in [0.3, 0.4) is 0 Å². The first kappa shape index (κ1) is 12.3. The van der Waals surface area contributed by atoms with Crippen molar-refractivity contribution in [3.63, 3.8) is 0 Å². The molecule has 1 atom stereocenters. The summed E-state index contributed by atoms with van der Waals surface area (Å²) in [7, 11) is 0. The molecule has 0 aliphatic heterocycles. The van der Waals surface area contributed by atoms with Gasteiger partial charge in [-0.1, -0.05) is 0 Å². The molecule has 0 aliphatic carbocycles. The van der Waals surface area contributed by atoms with Gasteiger partial charge in [0.25, 0.3) is 0 Å². The van der Waals surface area contributed by atoms with Crippen molar-refractivity contribution in [1.29, 1.82) is 0 Å². The SMILES string of the molecule is CSCc1ccc(CNC(C)c2cn[nH]c2)o1. The topological polar surface area (TPSA) is 53.9 Å². The first-order valence-electron chi connectivity index (χ1n) is 5.58. The van der Waals surface area contributed by atoms with Crippen molar-refractivity contribution in [2.24, 2.45) is 0 Å². The number of aromatic amines is 1. The lowest BCUT2D eigenvalue weighted by atomic mass is 10.2. The van der Waals surface area contributed by atoms with Crippen LogP contribution in [0.4, 0.5) is 0 Å². The fourth-order valence-electron chi connectivity index (χ4n) is 1.61. The molecule has 2 rings (SSSR count). The zero-order valence-electron chi connectivity index (χ0n) is 10.1. The van der Waals surface area contributed by atoms with Crippen LogP contribution in [-0.4, -0.2) is 16.5 Å². The van der Waals surface area contributed by atoms with Gasteiger partial charge in [0.15, 0.2) is 0 Å². The fourth-order valence-corrected chi connectivity index (χ4v) is 2.05. The highest BCUT2D eigenvalue weighted by Gasteiger charge is 2.07. The Kier molecular flexibility index (Phi) is 4.28. The van der Waals surface area contributed by atoms with Crippen molar-refractivity contribution in [2.45, 2.75) is 25.3 Å². The van der Waals surface area contributed by atoms with E-state index in [1.165, 1.54) is 0 Å². The number of thioether (sulfide) groups is 1. The fraction of sp³-hybridized carbons (Fsp3) is 0.417. The summed E-state index contributed by atoms with van der Waals surface area (Å²) < 4.78 is 5.69. The normalized spacial score (nSPS) is 12.8. The molecule has 0 fully saturated rings. The van der Waals surface area contributed by atoms with Gasteiger partial charge in [-0.15, -0.1) is 0 Å². The van der Waals surface area contributed by atoms with Crippen LogP contribution in [0, 0.1) is 0 Å². The van der Waals surface area contributed by atoms with E-state index in [1.807, 2.05) is 24.5 Å². The van der Waals surface area contributed by atoms with E-state index in [1.54, 1.807) is 11.8 Å². The summed E-state index contributed by atoms with van der Waals surface area (Å²) in [5.74, 6) is 2.94. The molecule has 2 heterocycles. The summed E-state index contributed by atoms with van der Waals surface area (Å²) in [6.07, 6.45) is 5.80. The second kappa shape index (κ2) is 5.93. The Hall–Kier alpha value is -1.20. The molecular weight excluding hydrogens is 234 g/mol. The molecule has 0 saturated heterocycles. The highest BCUT2D eigenvalue weighted by atomic mass is 32.2. The maximum absolute atomic E-state index is 5.69. The first-order valence-corrected chi connectivity index (χ1v) is 6.97. The van der Waals surface area contributed by atoms with Gasteiger partial charge in [-0.2, -0.15) is 16.9 Å². The predicted octanol–water partition coefficient (Wildman–Crippen LogP) is 2.72. The van der Waals surface area contributed by atoms with Gasteiger partial charge < -0.3 is 9.73 Å². The standard InChI is InChI=1S/C12H17N3OS/c1-9(10-5-14-15-6-10)13-7-11-3-4-12(16-11)8-17-2/h3-6,9,13H,7-8H2,1-2H3,(H,14,15). The monoisotopic (exact) mass is 251 g/mol. The van der Waals surface area contributed by atoms with E-state index in [-0.39, 0.29) is 6.04 Å². The summed E-state index contributed by atoms with van der Waals surface area (Å²) in [6.45, 7) is 2.84. The second-order valence-corrected chi connectivity index (χ2v) is 4.80. The lowest BCUT2D eigenvalue weighted by Gasteiger charge is -2.10. The number of nitrogens with zero attached hydrogens (tertiary/aromatic N) is 1. The van der Waals surface area contributed by atoms with Crippen molar-refractivity contribution >= 4 is 11.8 Å². The molecule has 0 radical (unpaired) electrons. The lowest BCUT2D eigenvalue weighted by Crippen LogP contribution is -2.17. The van der Waals surface area contributed by atoms with E-state index in [4.69, 9.17) is 4.42 Å². The van der Waals surface area contributed by atoms with Gasteiger partial charge in [-0.05, 0) is 25.3 Å². The summed E-state index contributed by atoms with van der Waals surface area (Å²) in [5.41, 5.74) is 1.15. The number of hydrogen-bond acceptors (Lipinski definition) is 4. The smallest absolute Gasteiger partial charge is 0.118 e. The Balaban J connectivity index is 1.84. The number of nitrogens with one attached hydrogen (secondary N) is 2. The van der Waals surface area contributed by atoms with Crippen molar-refractivity contribution < 1.29 is 4.42 Å². The van der Waals surface area contributed by atoms with Crippen LogP contribution in [0.25, 0.3) is 0 Å². The van der Waals surface area contributed by atoms with E-state index >= 15 is 0 Å². The van der Waals surface area contributed by atoms with Crippen LogP contribution in [-0.2, 0) is 12.3 Å².